The summed E-state index contributed by atoms with van der Waals surface area (Å²) in [5.41, 5.74) is 1.57. The first-order chi connectivity index (χ1) is 8.70. The summed E-state index contributed by atoms with van der Waals surface area (Å²) in [6, 6.07) is 9.61. The standard InChI is InChI=1S/C14H17N3O/c1-10(15-2)9-17-14(18)12-5-6-13-11(8-12)4-3-7-16-13/h3-8,10,15H,9H2,1-2H3,(H,17,18). The topological polar surface area (TPSA) is 54.0 Å². The number of fused-ring (bicyclic) bond motifs is 1. The molecule has 0 spiro atoms. The molecule has 2 aromatic rings. The number of benzene rings is 1. The summed E-state index contributed by atoms with van der Waals surface area (Å²) >= 11 is 0. The molecule has 1 heterocycles. The third kappa shape index (κ3) is 2.84. The Kier molecular flexibility index (Phi) is 3.89. The van der Waals surface area contributed by atoms with E-state index in [-0.39, 0.29) is 11.9 Å². The van der Waals surface area contributed by atoms with Crippen molar-refractivity contribution in [2.24, 2.45) is 0 Å². The van der Waals surface area contributed by atoms with Gasteiger partial charge in [-0.1, -0.05) is 6.07 Å². The van der Waals surface area contributed by atoms with E-state index in [0.29, 0.717) is 12.1 Å². The number of nitrogens with one attached hydrogen (secondary N) is 2. The van der Waals surface area contributed by atoms with Crippen LogP contribution in [0.3, 0.4) is 0 Å². The molecule has 0 aliphatic heterocycles. The number of carbonyl (C=O) groups is 1. The van der Waals surface area contributed by atoms with Gasteiger partial charge in [0.15, 0.2) is 0 Å². The van der Waals surface area contributed by atoms with Crippen LogP contribution in [0.2, 0.25) is 0 Å². The minimum atomic E-state index is -0.0529. The van der Waals surface area contributed by atoms with Crippen LogP contribution in [-0.2, 0) is 0 Å². The second kappa shape index (κ2) is 5.60. The molecule has 0 saturated heterocycles. The molecule has 0 saturated carbocycles. The van der Waals surface area contributed by atoms with Crippen LogP contribution in [-0.4, -0.2) is 30.5 Å². The summed E-state index contributed by atoms with van der Waals surface area (Å²) in [4.78, 5) is 16.2. The highest BCUT2D eigenvalue weighted by atomic mass is 16.1. The summed E-state index contributed by atoms with van der Waals surface area (Å²) in [5.74, 6) is -0.0529. The fourth-order valence-corrected chi connectivity index (χ4v) is 1.67. The van der Waals surface area contributed by atoms with Gasteiger partial charge in [-0.2, -0.15) is 0 Å². The molecule has 0 aliphatic rings. The highest BCUT2D eigenvalue weighted by molar-refractivity contribution is 5.97. The second-order valence-corrected chi connectivity index (χ2v) is 4.31. The van der Waals surface area contributed by atoms with Crippen LogP contribution in [0.1, 0.15) is 17.3 Å². The van der Waals surface area contributed by atoms with E-state index in [1.54, 1.807) is 12.3 Å². The van der Waals surface area contributed by atoms with Crippen LogP contribution in [0.4, 0.5) is 0 Å². The molecule has 2 N–H and O–H groups in total. The number of amides is 1. The van der Waals surface area contributed by atoms with Gasteiger partial charge >= 0.3 is 0 Å². The zero-order valence-corrected chi connectivity index (χ0v) is 10.6. The third-order valence-corrected chi connectivity index (χ3v) is 2.93. The first-order valence-electron chi connectivity index (χ1n) is 6.01. The normalized spacial score (nSPS) is 12.3. The molecule has 2 rings (SSSR count). The van der Waals surface area contributed by atoms with Gasteiger partial charge in [0.1, 0.15) is 0 Å². The number of likely N-dealkylation sites (N-methyl/N-ethyl adjacent to an activating group) is 1. The molecular weight excluding hydrogens is 226 g/mol. The Labute approximate surface area is 106 Å². The van der Waals surface area contributed by atoms with E-state index in [1.807, 2.05) is 38.2 Å². The highest BCUT2D eigenvalue weighted by Gasteiger charge is 2.07. The smallest absolute Gasteiger partial charge is 0.251 e. The Bertz CT molecular complexity index is 553. The van der Waals surface area contributed by atoms with Crippen molar-refractivity contribution in [3.05, 3.63) is 42.1 Å². The first kappa shape index (κ1) is 12.5. The van der Waals surface area contributed by atoms with Crippen LogP contribution in [0.25, 0.3) is 10.9 Å². The molecule has 1 unspecified atom stereocenters. The van der Waals surface area contributed by atoms with Crippen molar-refractivity contribution in [1.82, 2.24) is 15.6 Å². The van der Waals surface area contributed by atoms with E-state index in [9.17, 15) is 4.79 Å². The Hall–Kier alpha value is -1.94. The molecule has 0 aliphatic carbocycles. The summed E-state index contributed by atoms with van der Waals surface area (Å²) in [6.45, 7) is 2.63. The molecule has 4 heteroatoms. The molecule has 1 amide bonds. The maximum absolute atomic E-state index is 11.9. The van der Waals surface area contributed by atoms with Crippen LogP contribution >= 0.6 is 0 Å². The van der Waals surface area contributed by atoms with Crippen molar-refractivity contribution in [2.45, 2.75) is 13.0 Å². The second-order valence-electron chi connectivity index (χ2n) is 4.31. The van der Waals surface area contributed by atoms with Gasteiger partial charge in [-0.05, 0) is 38.2 Å². The van der Waals surface area contributed by atoms with Gasteiger partial charge < -0.3 is 10.6 Å². The van der Waals surface area contributed by atoms with Crippen LogP contribution in [0.15, 0.2) is 36.5 Å². The quantitative estimate of drug-likeness (QED) is 0.857. The lowest BCUT2D eigenvalue weighted by molar-refractivity contribution is 0.0950. The number of carbonyl (C=O) groups excluding carboxylic acids is 1. The van der Waals surface area contributed by atoms with Crippen molar-refractivity contribution in [3.63, 3.8) is 0 Å². The molecular formula is C14H17N3O. The van der Waals surface area contributed by atoms with Gasteiger partial charge in [0.2, 0.25) is 0 Å². The molecule has 94 valence electrons. The number of nitrogens with zero attached hydrogens (tertiary/aromatic N) is 1. The van der Waals surface area contributed by atoms with E-state index >= 15 is 0 Å². The Morgan fingerprint density at radius 1 is 1.39 bits per heavy atom. The van der Waals surface area contributed by atoms with Gasteiger partial charge in [0.05, 0.1) is 5.52 Å². The van der Waals surface area contributed by atoms with Crippen LogP contribution < -0.4 is 10.6 Å². The monoisotopic (exact) mass is 243 g/mol. The van der Waals surface area contributed by atoms with Crippen molar-refractivity contribution >= 4 is 16.8 Å². The third-order valence-electron chi connectivity index (χ3n) is 2.93. The molecule has 0 bridgehead atoms. The van der Waals surface area contributed by atoms with Crippen molar-refractivity contribution in [1.29, 1.82) is 0 Å². The molecule has 18 heavy (non-hydrogen) atoms. The van der Waals surface area contributed by atoms with Crippen molar-refractivity contribution in [3.8, 4) is 0 Å². The molecule has 4 nitrogen and oxygen atoms in total. The first-order valence-corrected chi connectivity index (χ1v) is 6.01. The lowest BCUT2D eigenvalue weighted by atomic mass is 10.1. The maximum atomic E-state index is 11.9. The zero-order chi connectivity index (χ0) is 13.0. The van der Waals surface area contributed by atoms with E-state index in [4.69, 9.17) is 0 Å². The average Bonchev–Trinajstić information content (AvgIpc) is 2.43. The van der Waals surface area contributed by atoms with E-state index in [2.05, 4.69) is 15.6 Å². The van der Waals surface area contributed by atoms with E-state index < -0.39 is 0 Å². The largest absolute Gasteiger partial charge is 0.350 e. The van der Waals surface area contributed by atoms with Gasteiger partial charge in [-0.3, -0.25) is 9.78 Å². The maximum Gasteiger partial charge on any atom is 0.251 e. The Morgan fingerprint density at radius 2 is 2.22 bits per heavy atom. The lowest BCUT2D eigenvalue weighted by Gasteiger charge is -2.11. The summed E-state index contributed by atoms with van der Waals surface area (Å²) in [5, 5.41) is 6.95. The fourth-order valence-electron chi connectivity index (χ4n) is 1.67. The molecule has 1 atom stereocenters. The Balaban J connectivity index is 2.13. The van der Waals surface area contributed by atoms with Crippen LogP contribution in [0.5, 0.6) is 0 Å². The molecule has 0 radical (unpaired) electrons. The summed E-state index contributed by atoms with van der Waals surface area (Å²) in [6.07, 6.45) is 1.75. The predicted molar refractivity (Wildman–Crippen MR) is 72.6 cm³/mol. The Morgan fingerprint density at radius 3 is 3.00 bits per heavy atom. The minimum absolute atomic E-state index is 0.0529. The SMILES string of the molecule is CNC(C)CNC(=O)c1ccc2ncccc2c1. The lowest BCUT2D eigenvalue weighted by Crippen LogP contribution is -2.37. The van der Waals surface area contributed by atoms with Crippen molar-refractivity contribution in [2.75, 3.05) is 13.6 Å². The zero-order valence-electron chi connectivity index (χ0n) is 10.6. The van der Waals surface area contributed by atoms with Gasteiger partial charge in [-0.15, -0.1) is 0 Å². The minimum Gasteiger partial charge on any atom is -0.350 e. The van der Waals surface area contributed by atoms with E-state index in [0.717, 1.165) is 10.9 Å². The fraction of sp³-hybridized carbons (Fsp3) is 0.286. The highest BCUT2D eigenvalue weighted by Crippen LogP contribution is 2.13. The number of hydrogen-bond acceptors (Lipinski definition) is 3. The van der Waals surface area contributed by atoms with Crippen LogP contribution in [0, 0.1) is 0 Å². The van der Waals surface area contributed by atoms with Gasteiger partial charge in [0, 0.05) is 29.7 Å². The number of aromatic nitrogens is 1. The van der Waals surface area contributed by atoms with Gasteiger partial charge in [0.25, 0.3) is 5.91 Å². The number of rotatable bonds is 4. The number of pyridine rings is 1. The predicted octanol–water partition coefficient (Wildman–Crippen LogP) is 1.57. The average molecular weight is 243 g/mol. The molecule has 1 aromatic carbocycles. The van der Waals surface area contributed by atoms with Gasteiger partial charge in [-0.25, -0.2) is 0 Å². The summed E-state index contributed by atoms with van der Waals surface area (Å²) in [7, 11) is 1.87. The molecule has 1 aromatic heterocycles. The van der Waals surface area contributed by atoms with Crippen molar-refractivity contribution < 1.29 is 4.79 Å². The molecule has 0 fully saturated rings. The van der Waals surface area contributed by atoms with E-state index in [1.165, 1.54) is 0 Å². The summed E-state index contributed by atoms with van der Waals surface area (Å²) < 4.78 is 0. The number of hydrogen-bond donors (Lipinski definition) is 2.